The highest BCUT2D eigenvalue weighted by molar-refractivity contribution is 5.89. The average molecular weight is 573 g/mol. The summed E-state index contributed by atoms with van der Waals surface area (Å²) in [7, 11) is 0. The zero-order valence-corrected chi connectivity index (χ0v) is 21.5. The number of nitrogens with one attached hydrogen (secondary N) is 2. The van der Waals surface area contributed by atoms with E-state index in [0.717, 1.165) is 11.1 Å². The monoisotopic (exact) mass is 572 g/mol. The molecule has 2 amide bonds. The van der Waals surface area contributed by atoms with Crippen LogP contribution in [0.5, 0.6) is 0 Å². The van der Waals surface area contributed by atoms with Crippen LogP contribution >= 0.6 is 0 Å². The number of alkyl halides is 6. The number of urea groups is 1. The van der Waals surface area contributed by atoms with Crippen LogP contribution in [0.4, 0.5) is 36.8 Å². The maximum atomic E-state index is 13.3. The van der Waals surface area contributed by atoms with Gasteiger partial charge in [0.25, 0.3) is 0 Å². The van der Waals surface area contributed by atoms with Crippen LogP contribution in [0.2, 0.25) is 0 Å². The van der Waals surface area contributed by atoms with E-state index in [0.29, 0.717) is 17.8 Å². The molecule has 1 unspecified atom stereocenters. The van der Waals surface area contributed by atoms with Crippen molar-refractivity contribution in [3.05, 3.63) is 137 Å². The van der Waals surface area contributed by atoms with E-state index in [-0.39, 0.29) is 18.2 Å². The smallest absolute Gasteiger partial charge is 0.375 e. The van der Waals surface area contributed by atoms with Gasteiger partial charge in [0.05, 0.1) is 30.4 Å². The van der Waals surface area contributed by atoms with Crippen LogP contribution < -0.4 is 10.6 Å². The molecule has 0 aliphatic heterocycles. The number of anilines is 1. The first kappa shape index (κ1) is 29.7. The fraction of sp³-hybridized carbons (Fsp3) is 0.194. The molecule has 0 aromatic heterocycles. The van der Waals surface area contributed by atoms with Gasteiger partial charge in [0.15, 0.2) is 0 Å². The number of halogens is 6. The van der Waals surface area contributed by atoms with Crippen molar-refractivity contribution in [1.29, 1.82) is 0 Å². The van der Waals surface area contributed by atoms with Gasteiger partial charge in [-0.3, -0.25) is 0 Å². The third kappa shape index (κ3) is 8.34. The molecule has 4 aromatic rings. The molecule has 0 aliphatic carbocycles. The summed E-state index contributed by atoms with van der Waals surface area (Å²) in [4.78, 5) is 13.0. The van der Waals surface area contributed by atoms with Crippen LogP contribution in [-0.4, -0.2) is 18.7 Å². The molecule has 0 heterocycles. The standard InChI is InChI=1S/C31H26F6N2O2/c32-30(33,34)24-16-21(17-25(18-24)31(35,36)37)19-41-20-27(39-29(40)38-26-14-8-3-9-15-26)28(22-10-4-1-5-11-22)23-12-6-2-7-13-23/h1-18,27-28H,19-20H2,(H2,38,39,40). The quantitative estimate of drug-likeness (QED) is 0.199. The third-order valence-electron chi connectivity index (χ3n) is 6.28. The lowest BCUT2D eigenvalue weighted by atomic mass is 9.85. The highest BCUT2D eigenvalue weighted by atomic mass is 19.4. The van der Waals surface area contributed by atoms with Gasteiger partial charge in [-0.25, -0.2) is 4.79 Å². The Morgan fingerprint density at radius 3 is 1.61 bits per heavy atom. The van der Waals surface area contributed by atoms with Gasteiger partial charge in [-0.1, -0.05) is 78.9 Å². The number of para-hydroxylation sites is 1. The molecule has 4 nitrogen and oxygen atoms in total. The van der Waals surface area contributed by atoms with Crippen LogP contribution in [0.3, 0.4) is 0 Å². The summed E-state index contributed by atoms with van der Waals surface area (Å²) in [5.74, 6) is -0.453. The summed E-state index contributed by atoms with van der Waals surface area (Å²) in [6, 6.07) is 27.1. The van der Waals surface area contributed by atoms with E-state index < -0.39 is 48.1 Å². The lowest BCUT2D eigenvalue weighted by Crippen LogP contribution is -2.45. The number of benzene rings is 4. The fourth-order valence-corrected chi connectivity index (χ4v) is 4.46. The Morgan fingerprint density at radius 2 is 1.15 bits per heavy atom. The first-order valence-electron chi connectivity index (χ1n) is 12.6. The Morgan fingerprint density at radius 1 is 0.683 bits per heavy atom. The van der Waals surface area contributed by atoms with Crippen molar-refractivity contribution in [3.8, 4) is 0 Å². The normalized spacial score (nSPS) is 12.7. The molecule has 41 heavy (non-hydrogen) atoms. The molecule has 0 fully saturated rings. The zero-order valence-electron chi connectivity index (χ0n) is 21.5. The molecule has 0 bridgehead atoms. The Balaban J connectivity index is 1.62. The number of carbonyl (C=O) groups excluding carboxylic acids is 1. The van der Waals surface area contributed by atoms with E-state index in [1.54, 1.807) is 30.3 Å². The van der Waals surface area contributed by atoms with Crippen molar-refractivity contribution >= 4 is 11.7 Å². The topological polar surface area (TPSA) is 50.4 Å². The molecule has 0 spiro atoms. The van der Waals surface area contributed by atoms with Crippen LogP contribution in [0.1, 0.15) is 33.7 Å². The predicted molar refractivity (Wildman–Crippen MR) is 143 cm³/mol. The van der Waals surface area contributed by atoms with Crippen molar-refractivity contribution in [3.63, 3.8) is 0 Å². The average Bonchev–Trinajstić information content (AvgIpc) is 2.94. The second-order valence-electron chi connectivity index (χ2n) is 9.30. The number of carbonyl (C=O) groups is 1. The van der Waals surface area contributed by atoms with Gasteiger partial charge in [-0.2, -0.15) is 26.3 Å². The van der Waals surface area contributed by atoms with Gasteiger partial charge >= 0.3 is 18.4 Å². The summed E-state index contributed by atoms with van der Waals surface area (Å²) in [5.41, 5.74) is -0.958. The third-order valence-corrected chi connectivity index (χ3v) is 6.28. The SMILES string of the molecule is O=C(Nc1ccccc1)NC(COCc1cc(C(F)(F)F)cc(C(F)(F)F)c1)C(c1ccccc1)c1ccccc1. The molecule has 1 atom stereocenters. The van der Waals surface area contributed by atoms with E-state index in [2.05, 4.69) is 10.6 Å². The van der Waals surface area contributed by atoms with Crippen molar-refractivity contribution in [2.45, 2.75) is 30.9 Å². The Labute approximate surface area is 233 Å². The molecule has 4 aromatic carbocycles. The van der Waals surface area contributed by atoms with E-state index in [4.69, 9.17) is 4.74 Å². The Bertz CT molecular complexity index is 1340. The fourth-order valence-electron chi connectivity index (χ4n) is 4.46. The predicted octanol–water partition coefficient (Wildman–Crippen LogP) is 8.26. The first-order chi connectivity index (χ1) is 19.5. The molecule has 0 saturated carbocycles. The van der Waals surface area contributed by atoms with Crippen LogP contribution in [0, 0.1) is 0 Å². The van der Waals surface area contributed by atoms with Crippen LogP contribution in [0.25, 0.3) is 0 Å². The Hall–Kier alpha value is -4.31. The second-order valence-corrected chi connectivity index (χ2v) is 9.30. The highest BCUT2D eigenvalue weighted by Gasteiger charge is 2.37. The van der Waals surface area contributed by atoms with E-state index >= 15 is 0 Å². The minimum absolute atomic E-state index is 0.0720. The Kier molecular flexibility index (Phi) is 9.34. The molecule has 214 valence electrons. The second kappa shape index (κ2) is 12.9. The van der Waals surface area contributed by atoms with Gasteiger partial charge in [0.2, 0.25) is 0 Å². The largest absolute Gasteiger partial charge is 0.416 e. The molecule has 10 heteroatoms. The highest BCUT2D eigenvalue weighted by Crippen LogP contribution is 2.36. The minimum atomic E-state index is -4.97. The summed E-state index contributed by atoms with van der Waals surface area (Å²) in [6.45, 7) is -0.754. The van der Waals surface area contributed by atoms with E-state index in [9.17, 15) is 31.1 Å². The summed E-state index contributed by atoms with van der Waals surface area (Å²) in [5, 5.41) is 5.62. The van der Waals surface area contributed by atoms with Crippen molar-refractivity contribution in [2.75, 3.05) is 11.9 Å². The molecular weight excluding hydrogens is 546 g/mol. The van der Waals surface area contributed by atoms with Gasteiger partial charge < -0.3 is 15.4 Å². The van der Waals surface area contributed by atoms with Crippen molar-refractivity contribution < 1.29 is 35.9 Å². The number of hydrogen-bond donors (Lipinski definition) is 2. The number of rotatable bonds is 9. The maximum absolute atomic E-state index is 13.3. The van der Waals surface area contributed by atoms with Gasteiger partial charge in [-0.05, 0) is 47.0 Å². The van der Waals surface area contributed by atoms with Gasteiger partial charge in [0.1, 0.15) is 0 Å². The summed E-state index contributed by atoms with van der Waals surface area (Å²) < 4.78 is 85.7. The van der Waals surface area contributed by atoms with Crippen molar-refractivity contribution in [1.82, 2.24) is 5.32 Å². The minimum Gasteiger partial charge on any atom is -0.375 e. The lowest BCUT2D eigenvalue weighted by molar-refractivity contribution is -0.143. The maximum Gasteiger partial charge on any atom is 0.416 e. The summed E-state index contributed by atoms with van der Waals surface area (Å²) >= 11 is 0. The molecule has 4 rings (SSSR count). The number of hydrogen-bond acceptors (Lipinski definition) is 2. The number of ether oxygens (including phenoxy) is 1. The van der Waals surface area contributed by atoms with Gasteiger partial charge in [0, 0.05) is 11.6 Å². The molecule has 0 radical (unpaired) electrons. The summed E-state index contributed by atoms with van der Waals surface area (Å²) in [6.07, 6.45) is -9.94. The molecule has 0 saturated heterocycles. The van der Waals surface area contributed by atoms with Crippen molar-refractivity contribution in [2.24, 2.45) is 0 Å². The van der Waals surface area contributed by atoms with E-state index in [1.165, 1.54) is 0 Å². The van der Waals surface area contributed by atoms with Crippen LogP contribution in [0.15, 0.2) is 109 Å². The van der Waals surface area contributed by atoms with Crippen LogP contribution in [-0.2, 0) is 23.7 Å². The zero-order chi connectivity index (χ0) is 29.5. The van der Waals surface area contributed by atoms with Gasteiger partial charge in [-0.15, -0.1) is 0 Å². The first-order valence-corrected chi connectivity index (χ1v) is 12.6. The lowest BCUT2D eigenvalue weighted by Gasteiger charge is -2.29. The number of amides is 2. The molecule has 0 aliphatic rings. The molecule has 2 N–H and O–H groups in total. The van der Waals surface area contributed by atoms with E-state index in [1.807, 2.05) is 60.7 Å². The molecular formula is C31H26F6N2O2.